The lowest BCUT2D eigenvalue weighted by Gasteiger charge is -2.16. The number of ether oxygens (including phenoxy) is 1. The smallest absolute Gasteiger partial charge is 0.219 e. The van der Waals surface area contributed by atoms with Gasteiger partial charge in [-0.25, -0.2) is 4.68 Å². The maximum absolute atomic E-state index is 11.2. The van der Waals surface area contributed by atoms with E-state index in [1.165, 1.54) is 0 Å². The van der Waals surface area contributed by atoms with Gasteiger partial charge in [0, 0.05) is 19.5 Å². The average Bonchev–Trinajstić information content (AvgIpc) is 3.29. The van der Waals surface area contributed by atoms with Gasteiger partial charge in [0.15, 0.2) is 16.4 Å². The topological polar surface area (TPSA) is 91.4 Å². The van der Waals surface area contributed by atoms with Crippen LogP contribution in [0.4, 0.5) is 0 Å². The fourth-order valence-electron chi connectivity index (χ4n) is 2.87. The van der Waals surface area contributed by atoms with Crippen LogP contribution in [0.2, 0.25) is 0 Å². The average molecular weight is 416 g/mol. The van der Waals surface area contributed by atoms with Crippen molar-refractivity contribution in [2.45, 2.75) is 26.6 Å². The number of nitrogens with two attached hydrogens (primary N) is 1. The summed E-state index contributed by atoms with van der Waals surface area (Å²) in [5, 5.41) is 4.60. The van der Waals surface area contributed by atoms with E-state index >= 15 is 0 Å². The zero-order valence-corrected chi connectivity index (χ0v) is 17.4. The molecule has 1 amide bonds. The fourth-order valence-corrected chi connectivity index (χ4v) is 3.14. The summed E-state index contributed by atoms with van der Waals surface area (Å²) in [5.74, 6) is 1.62. The number of aryl methyl sites for hydroxylation is 1. The Morgan fingerprint density at radius 1 is 1.34 bits per heavy atom. The predicted molar refractivity (Wildman–Crippen MR) is 112 cm³/mol. The second-order valence-electron chi connectivity index (χ2n) is 6.84. The molecule has 0 aliphatic carbocycles. The van der Waals surface area contributed by atoms with Gasteiger partial charge in [0.2, 0.25) is 5.91 Å². The van der Waals surface area contributed by atoms with Crippen molar-refractivity contribution in [2.24, 2.45) is 5.73 Å². The van der Waals surface area contributed by atoms with E-state index in [2.05, 4.69) is 10.00 Å². The third-order valence-corrected chi connectivity index (χ3v) is 4.78. The summed E-state index contributed by atoms with van der Waals surface area (Å²) in [4.78, 5) is 13.3. The van der Waals surface area contributed by atoms with Crippen LogP contribution in [-0.4, -0.2) is 45.4 Å². The summed E-state index contributed by atoms with van der Waals surface area (Å²) in [6.45, 7) is 4.10. The molecule has 0 fully saturated rings. The van der Waals surface area contributed by atoms with Crippen molar-refractivity contribution >= 4 is 18.1 Å². The summed E-state index contributed by atoms with van der Waals surface area (Å²) in [6, 6.07) is 11.5. The lowest BCUT2D eigenvalue weighted by Crippen LogP contribution is -2.27. The number of nitrogens with zero attached hydrogens (tertiary/aromatic N) is 4. The summed E-state index contributed by atoms with van der Waals surface area (Å²) in [5.41, 5.74) is 6.46. The SMILES string of the molecule is Cc1cccc(OCCN(C)Cn2nc(-c3ccco3)n(CCC(N)=O)c2=S)c1. The highest BCUT2D eigenvalue weighted by Crippen LogP contribution is 2.19. The van der Waals surface area contributed by atoms with Gasteiger partial charge in [0.05, 0.1) is 12.9 Å². The first kappa shape index (κ1) is 20.8. The van der Waals surface area contributed by atoms with Gasteiger partial charge in [0.25, 0.3) is 0 Å². The minimum atomic E-state index is -0.393. The molecule has 1 aromatic carbocycles. The van der Waals surface area contributed by atoms with Crippen LogP contribution >= 0.6 is 12.2 Å². The van der Waals surface area contributed by atoms with Crippen molar-refractivity contribution < 1.29 is 13.9 Å². The summed E-state index contributed by atoms with van der Waals surface area (Å²) >= 11 is 5.57. The number of furan rings is 1. The van der Waals surface area contributed by atoms with Crippen LogP contribution in [0.25, 0.3) is 11.6 Å². The monoisotopic (exact) mass is 415 g/mol. The molecule has 0 unspecified atom stereocenters. The van der Waals surface area contributed by atoms with Gasteiger partial charge in [-0.3, -0.25) is 14.3 Å². The largest absolute Gasteiger partial charge is 0.492 e. The van der Waals surface area contributed by atoms with Crippen molar-refractivity contribution in [3.05, 3.63) is 53.0 Å². The number of carbonyl (C=O) groups excluding carboxylic acids is 1. The van der Waals surface area contributed by atoms with Crippen LogP contribution in [0.1, 0.15) is 12.0 Å². The molecule has 2 aromatic heterocycles. The number of benzene rings is 1. The van der Waals surface area contributed by atoms with Crippen molar-refractivity contribution in [1.29, 1.82) is 0 Å². The zero-order chi connectivity index (χ0) is 20.8. The maximum Gasteiger partial charge on any atom is 0.219 e. The Morgan fingerprint density at radius 3 is 2.86 bits per heavy atom. The van der Waals surface area contributed by atoms with Crippen molar-refractivity contribution in [3.8, 4) is 17.3 Å². The highest BCUT2D eigenvalue weighted by atomic mass is 32.1. The van der Waals surface area contributed by atoms with Crippen molar-refractivity contribution in [1.82, 2.24) is 19.2 Å². The number of likely N-dealkylation sites (N-methyl/N-ethyl adjacent to an activating group) is 1. The van der Waals surface area contributed by atoms with E-state index in [9.17, 15) is 4.79 Å². The highest BCUT2D eigenvalue weighted by molar-refractivity contribution is 7.71. The molecular formula is C20H25N5O3S. The number of aromatic nitrogens is 3. The Hall–Kier alpha value is -2.91. The molecule has 3 aromatic rings. The second-order valence-corrected chi connectivity index (χ2v) is 7.20. The van der Waals surface area contributed by atoms with Crippen LogP contribution in [0.5, 0.6) is 5.75 Å². The quantitative estimate of drug-likeness (QED) is 0.512. The molecule has 0 saturated carbocycles. The fraction of sp³-hybridized carbons (Fsp3) is 0.350. The third-order valence-electron chi connectivity index (χ3n) is 4.35. The highest BCUT2D eigenvalue weighted by Gasteiger charge is 2.16. The third kappa shape index (κ3) is 5.55. The molecule has 0 bridgehead atoms. The molecule has 0 aliphatic heterocycles. The van der Waals surface area contributed by atoms with E-state index in [-0.39, 0.29) is 6.42 Å². The molecule has 0 saturated heterocycles. The molecular weight excluding hydrogens is 390 g/mol. The minimum Gasteiger partial charge on any atom is -0.492 e. The van der Waals surface area contributed by atoms with Gasteiger partial charge >= 0.3 is 0 Å². The van der Waals surface area contributed by atoms with Crippen molar-refractivity contribution in [2.75, 3.05) is 20.2 Å². The molecule has 29 heavy (non-hydrogen) atoms. The summed E-state index contributed by atoms with van der Waals surface area (Å²) in [6.07, 6.45) is 1.75. The van der Waals surface area contributed by atoms with Gasteiger partial charge in [-0.1, -0.05) is 12.1 Å². The van der Waals surface area contributed by atoms with Crippen molar-refractivity contribution in [3.63, 3.8) is 0 Å². The van der Waals surface area contributed by atoms with Gasteiger partial charge in [-0.2, -0.15) is 0 Å². The number of amides is 1. The molecule has 2 N–H and O–H groups in total. The van der Waals surface area contributed by atoms with E-state index < -0.39 is 5.91 Å². The van der Waals surface area contributed by atoms with Gasteiger partial charge in [-0.05, 0) is 56.0 Å². The van der Waals surface area contributed by atoms with Gasteiger partial charge in [0.1, 0.15) is 12.4 Å². The van der Waals surface area contributed by atoms with Gasteiger partial charge in [-0.15, -0.1) is 5.10 Å². The first-order valence-corrected chi connectivity index (χ1v) is 9.72. The lowest BCUT2D eigenvalue weighted by atomic mass is 10.2. The van der Waals surface area contributed by atoms with E-state index in [0.717, 1.165) is 11.3 Å². The number of carbonyl (C=O) groups is 1. The Kier molecular flexibility index (Phi) is 6.84. The number of rotatable bonds is 10. The molecule has 3 rings (SSSR count). The number of hydrogen-bond donors (Lipinski definition) is 1. The standard InChI is InChI=1S/C20H25N5O3S/c1-15-5-3-6-16(13-15)27-12-10-23(2)14-25-20(29)24(9-8-18(21)26)19(22-25)17-7-4-11-28-17/h3-7,11,13H,8-10,12,14H2,1-2H3,(H2,21,26). The first-order chi connectivity index (χ1) is 13.9. The Morgan fingerprint density at radius 2 is 2.17 bits per heavy atom. The molecule has 0 radical (unpaired) electrons. The molecule has 0 spiro atoms. The van der Waals surface area contributed by atoms with Crippen LogP contribution in [-0.2, 0) is 18.0 Å². The molecule has 2 heterocycles. The second kappa shape index (κ2) is 9.53. The van der Waals surface area contributed by atoms with E-state index in [0.29, 0.717) is 42.7 Å². The minimum absolute atomic E-state index is 0.174. The zero-order valence-electron chi connectivity index (χ0n) is 16.6. The number of primary amides is 1. The van der Waals surface area contributed by atoms with E-state index in [4.69, 9.17) is 27.1 Å². The number of hydrogen-bond acceptors (Lipinski definition) is 6. The van der Waals surface area contributed by atoms with Crippen LogP contribution in [0.15, 0.2) is 47.1 Å². The van der Waals surface area contributed by atoms with Crippen LogP contribution in [0, 0.1) is 11.7 Å². The molecule has 8 nitrogen and oxygen atoms in total. The normalized spacial score (nSPS) is 11.1. The van der Waals surface area contributed by atoms with Crippen LogP contribution in [0.3, 0.4) is 0 Å². The summed E-state index contributed by atoms with van der Waals surface area (Å²) < 4.78 is 15.3. The van der Waals surface area contributed by atoms with Crippen LogP contribution < -0.4 is 10.5 Å². The first-order valence-electron chi connectivity index (χ1n) is 9.32. The Bertz CT molecular complexity index is 1010. The molecule has 0 aliphatic rings. The Balaban J connectivity index is 1.67. The molecule has 9 heteroatoms. The van der Waals surface area contributed by atoms with E-state index in [1.54, 1.807) is 21.6 Å². The van der Waals surface area contributed by atoms with E-state index in [1.807, 2.05) is 44.3 Å². The predicted octanol–water partition coefficient (Wildman–Crippen LogP) is 2.83. The lowest BCUT2D eigenvalue weighted by molar-refractivity contribution is -0.118. The molecule has 0 atom stereocenters. The summed E-state index contributed by atoms with van der Waals surface area (Å²) in [7, 11) is 1.97. The van der Waals surface area contributed by atoms with Gasteiger partial charge < -0.3 is 14.9 Å². The Labute approximate surface area is 174 Å². The maximum atomic E-state index is 11.2. The molecule has 154 valence electrons.